The number of hydrogen-bond donors (Lipinski definition) is 2. The van der Waals surface area contributed by atoms with E-state index in [9.17, 15) is 5.11 Å². The van der Waals surface area contributed by atoms with Gasteiger partial charge in [-0.25, -0.2) is 15.0 Å². The van der Waals surface area contributed by atoms with Gasteiger partial charge >= 0.3 is 0 Å². The maximum Gasteiger partial charge on any atom is 0.150 e. The van der Waals surface area contributed by atoms with Crippen molar-refractivity contribution in [2.75, 3.05) is 25.9 Å². The van der Waals surface area contributed by atoms with Crippen molar-refractivity contribution in [3.63, 3.8) is 0 Å². The predicted octanol–water partition coefficient (Wildman–Crippen LogP) is 4.75. The summed E-state index contributed by atoms with van der Waals surface area (Å²) in [6.07, 6.45) is 6.20. The van der Waals surface area contributed by atoms with Crippen LogP contribution >= 0.6 is 0 Å². The number of nitrogen functional groups attached to an aromatic ring is 1. The first-order valence-corrected chi connectivity index (χ1v) is 12.5. The first-order chi connectivity index (χ1) is 17.6. The second-order valence-corrected chi connectivity index (χ2v) is 9.80. The first-order valence-electron chi connectivity index (χ1n) is 12.5. The molecular weight excluding hydrogens is 448 g/mol. The third kappa shape index (κ3) is 4.21. The summed E-state index contributed by atoms with van der Waals surface area (Å²) in [5.74, 6) is 1.60. The molecule has 0 atom stereocenters. The van der Waals surface area contributed by atoms with Crippen molar-refractivity contribution in [2.24, 2.45) is 0 Å². The van der Waals surface area contributed by atoms with Gasteiger partial charge in [-0.05, 0) is 51.5 Å². The number of benzene rings is 2. The molecule has 5 aromatic rings. The van der Waals surface area contributed by atoms with E-state index in [4.69, 9.17) is 15.7 Å². The van der Waals surface area contributed by atoms with Crippen molar-refractivity contribution in [1.29, 1.82) is 0 Å². The summed E-state index contributed by atoms with van der Waals surface area (Å²) in [7, 11) is 2.14. The lowest BCUT2D eigenvalue weighted by atomic mass is 9.82. The Morgan fingerprint density at radius 1 is 0.944 bits per heavy atom. The van der Waals surface area contributed by atoms with Crippen molar-refractivity contribution < 1.29 is 5.11 Å². The summed E-state index contributed by atoms with van der Waals surface area (Å²) in [5.41, 5.74) is 11.8. The van der Waals surface area contributed by atoms with Crippen LogP contribution in [0.15, 0.2) is 73.1 Å². The second-order valence-electron chi connectivity index (χ2n) is 9.80. The molecule has 36 heavy (non-hydrogen) atoms. The van der Waals surface area contributed by atoms with Gasteiger partial charge in [0.15, 0.2) is 0 Å². The third-order valence-electron chi connectivity index (χ3n) is 7.20. The maximum atomic E-state index is 9.79. The largest absolute Gasteiger partial charge is 0.393 e. The SMILES string of the molecule is CN1CCC1.Nc1nccn2c(C3CC(O)C3)nc(-c3ccc4ccc(-c5ccccc5)nc4c3)c12. The van der Waals surface area contributed by atoms with Gasteiger partial charge < -0.3 is 15.7 Å². The fourth-order valence-corrected chi connectivity index (χ4v) is 4.88. The van der Waals surface area contributed by atoms with Gasteiger partial charge in [-0.1, -0.05) is 48.5 Å². The maximum absolute atomic E-state index is 9.79. The van der Waals surface area contributed by atoms with Crippen LogP contribution in [0.3, 0.4) is 0 Å². The Bertz CT molecular complexity index is 1520. The quantitative estimate of drug-likeness (QED) is 0.389. The molecule has 1 saturated carbocycles. The van der Waals surface area contributed by atoms with Gasteiger partial charge in [0.1, 0.15) is 22.9 Å². The Morgan fingerprint density at radius 2 is 1.69 bits per heavy atom. The average molecular weight is 479 g/mol. The summed E-state index contributed by atoms with van der Waals surface area (Å²) < 4.78 is 2.02. The van der Waals surface area contributed by atoms with Crippen LogP contribution in [0, 0.1) is 0 Å². The van der Waals surface area contributed by atoms with Gasteiger partial charge in [-0.15, -0.1) is 0 Å². The average Bonchev–Trinajstić information content (AvgIpc) is 3.26. The van der Waals surface area contributed by atoms with Crippen molar-refractivity contribution in [1.82, 2.24) is 24.3 Å². The van der Waals surface area contributed by atoms with Crippen LogP contribution in [0.2, 0.25) is 0 Å². The molecular formula is C29H30N6O. The highest BCUT2D eigenvalue weighted by atomic mass is 16.3. The van der Waals surface area contributed by atoms with E-state index in [1.807, 2.05) is 34.9 Å². The molecule has 1 aliphatic carbocycles. The van der Waals surface area contributed by atoms with E-state index in [1.165, 1.54) is 19.5 Å². The standard InChI is InChI=1S/C25H21N5O.C4H9N/c26-24-23-22(29-25(18-12-19(31)13-18)30(23)11-10-27-24)17-7-6-16-8-9-20(28-21(16)14-17)15-4-2-1-3-5-15;1-5-3-2-4-5/h1-11,14,18-19,31H,12-13H2,(H2,26,27);2-4H2,1H3. The minimum Gasteiger partial charge on any atom is -0.393 e. The molecule has 3 N–H and O–H groups in total. The Labute approximate surface area is 210 Å². The molecule has 7 heteroatoms. The highest BCUT2D eigenvalue weighted by Gasteiger charge is 2.33. The molecule has 182 valence electrons. The molecule has 0 radical (unpaired) electrons. The van der Waals surface area contributed by atoms with E-state index in [2.05, 4.69) is 53.3 Å². The van der Waals surface area contributed by atoms with Crippen molar-refractivity contribution in [3.8, 4) is 22.5 Å². The number of anilines is 1. The Hall–Kier alpha value is -3.81. The molecule has 0 unspecified atom stereocenters. The summed E-state index contributed by atoms with van der Waals surface area (Å²) in [6.45, 7) is 2.64. The van der Waals surface area contributed by atoms with Gasteiger partial charge in [-0.3, -0.25) is 4.40 Å². The van der Waals surface area contributed by atoms with E-state index < -0.39 is 0 Å². The molecule has 1 aliphatic heterocycles. The Balaban J connectivity index is 0.000000431. The lowest BCUT2D eigenvalue weighted by Gasteiger charge is -2.30. The van der Waals surface area contributed by atoms with Crippen LogP contribution < -0.4 is 5.73 Å². The summed E-state index contributed by atoms with van der Waals surface area (Å²) in [4.78, 5) is 16.5. The summed E-state index contributed by atoms with van der Waals surface area (Å²) in [6, 6.07) is 20.5. The topological polar surface area (TPSA) is 92.6 Å². The summed E-state index contributed by atoms with van der Waals surface area (Å²) in [5, 5.41) is 10.9. The lowest BCUT2D eigenvalue weighted by Crippen LogP contribution is -2.32. The van der Waals surface area contributed by atoms with Gasteiger partial charge in [0.2, 0.25) is 0 Å². The van der Waals surface area contributed by atoms with E-state index in [1.54, 1.807) is 6.20 Å². The van der Waals surface area contributed by atoms with Crippen LogP contribution in [0.5, 0.6) is 0 Å². The number of likely N-dealkylation sites (tertiary alicyclic amines) is 1. The minimum absolute atomic E-state index is 0.223. The molecule has 1 saturated heterocycles. The normalized spacial score (nSPS) is 19.4. The lowest BCUT2D eigenvalue weighted by molar-refractivity contribution is 0.0715. The van der Waals surface area contributed by atoms with Crippen molar-refractivity contribution in [3.05, 3.63) is 78.9 Å². The Kier molecular flexibility index (Phi) is 5.87. The van der Waals surface area contributed by atoms with E-state index in [-0.39, 0.29) is 12.0 Å². The van der Waals surface area contributed by atoms with E-state index >= 15 is 0 Å². The molecule has 2 aromatic carbocycles. The number of rotatable bonds is 3. The van der Waals surface area contributed by atoms with Gasteiger partial charge in [-0.2, -0.15) is 0 Å². The number of nitrogens with zero attached hydrogens (tertiary/aromatic N) is 5. The number of fused-ring (bicyclic) bond motifs is 2. The Morgan fingerprint density at radius 3 is 2.39 bits per heavy atom. The number of pyridine rings is 1. The zero-order valence-electron chi connectivity index (χ0n) is 20.4. The monoisotopic (exact) mass is 478 g/mol. The molecule has 4 heterocycles. The molecule has 7 nitrogen and oxygen atoms in total. The molecule has 7 rings (SSSR count). The van der Waals surface area contributed by atoms with E-state index in [0.717, 1.165) is 57.6 Å². The zero-order valence-corrected chi connectivity index (χ0v) is 20.4. The fraction of sp³-hybridized carbons (Fsp3) is 0.276. The summed E-state index contributed by atoms with van der Waals surface area (Å²) >= 11 is 0. The molecule has 3 aromatic heterocycles. The van der Waals surface area contributed by atoms with Crippen LogP contribution in [0.1, 0.15) is 31.0 Å². The third-order valence-corrected chi connectivity index (χ3v) is 7.20. The minimum atomic E-state index is -0.249. The molecule has 2 fully saturated rings. The smallest absolute Gasteiger partial charge is 0.150 e. The molecule has 2 aliphatic rings. The predicted molar refractivity (Wildman–Crippen MR) is 144 cm³/mol. The van der Waals surface area contributed by atoms with Crippen LogP contribution in [-0.4, -0.2) is 55.6 Å². The van der Waals surface area contributed by atoms with E-state index in [0.29, 0.717) is 5.82 Å². The van der Waals surface area contributed by atoms with Gasteiger partial charge in [0.25, 0.3) is 0 Å². The highest BCUT2D eigenvalue weighted by Crippen LogP contribution is 2.39. The number of imidazole rings is 1. The second kappa shape index (κ2) is 9.33. The first kappa shape index (κ1) is 22.6. The number of hydrogen-bond acceptors (Lipinski definition) is 6. The highest BCUT2D eigenvalue weighted by molar-refractivity contribution is 5.91. The number of aromatic nitrogens is 4. The molecule has 0 amide bonds. The van der Waals surface area contributed by atoms with Crippen LogP contribution in [0.4, 0.5) is 5.82 Å². The van der Waals surface area contributed by atoms with Crippen LogP contribution in [0.25, 0.3) is 38.9 Å². The zero-order chi connectivity index (χ0) is 24.6. The van der Waals surface area contributed by atoms with Gasteiger partial charge in [0, 0.05) is 34.8 Å². The molecule has 0 spiro atoms. The fourth-order valence-electron chi connectivity index (χ4n) is 4.88. The molecule has 0 bridgehead atoms. The van der Waals surface area contributed by atoms with Gasteiger partial charge in [0.05, 0.1) is 17.3 Å². The number of aliphatic hydroxyl groups is 1. The van der Waals surface area contributed by atoms with Crippen molar-refractivity contribution >= 4 is 22.2 Å². The van der Waals surface area contributed by atoms with Crippen molar-refractivity contribution in [2.45, 2.75) is 31.3 Å². The van der Waals surface area contributed by atoms with Crippen LogP contribution in [-0.2, 0) is 0 Å². The number of aliphatic hydroxyl groups excluding tert-OH is 1. The number of nitrogens with two attached hydrogens (primary N) is 1.